The number of hydrogen-bond donors (Lipinski definition) is 2. The minimum absolute atomic E-state index is 0.413. The number of nitriles is 1. The molecule has 1 saturated carbocycles. The third kappa shape index (κ3) is 6.35. The zero-order valence-electron chi connectivity index (χ0n) is 21.6. The molecule has 2 N–H and O–H groups in total. The van der Waals surface area contributed by atoms with Crippen molar-refractivity contribution >= 4 is 23.2 Å². The molecule has 37 heavy (non-hydrogen) atoms. The van der Waals surface area contributed by atoms with E-state index in [1.807, 2.05) is 24.3 Å². The summed E-state index contributed by atoms with van der Waals surface area (Å²) in [6.45, 7) is 5.02. The van der Waals surface area contributed by atoms with Crippen LogP contribution in [0.4, 0.5) is 11.6 Å². The highest BCUT2D eigenvalue weighted by molar-refractivity contribution is 6.33. The van der Waals surface area contributed by atoms with Crippen molar-refractivity contribution in [3.63, 3.8) is 0 Å². The Morgan fingerprint density at radius 1 is 1.19 bits per heavy atom. The molecular formula is C28H37ClN6O2. The zero-order valence-corrected chi connectivity index (χ0v) is 22.3. The van der Waals surface area contributed by atoms with Crippen molar-refractivity contribution in [2.75, 3.05) is 57.2 Å². The minimum atomic E-state index is -0.415. The number of halogens is 1. The first kappa shape index (κ1) is 26.2. The Kier molecular flexibility index (Phi) is 8.46. The molecule has 198 valence electrons. The van der Waals surface area contributed by atoms with Crippen molar-refractivity contribution in [2.24, 2.45) is 11.3 Å². The highest BCUT2D eigenvalue weighted by Crippen LogP contribution is 2.33. The topological polar surface area (TPSA) is 95.3 Å². The first-order chi connectivity index (χ1) is 18.1. The van der Waals surface area contributed by atoms with E-state index in [0.29, 0.717) is 42.8 Å². The van der Waals surface area contributed by atoms with Gasteiger partial charge in [-0.1, -0.05) is 17.7 Å². The predicted molar refractivity (Wildman–Crippen MR) is 146 cm³/mol. The van der Waals surface area contributed by atoms with Crippen LogP contribution in [-0.4, -0.2) is 73.5 Å². The van der Waals surface area contributed by atoms with Gasteiger partial charge in [0.1, 0.15) is 11.6 Å². The van der Waals surface area contributed by atoms with Crippen LogP contribution in [0.25, 0.3) is 11.3 Å². The number of nitrogens with zero attached hydrogens (tertiary/aromatic N) is 4. The van der Waals surface area contributed by atoms with Crippen LogP contribution in [0.15, 0.2) is 30.5 Å². The van der Waals surface area contributed by atoms with E-state index in [1.54, 1.807) is 13.3 Å². The smallest absolute Gasteiger partial charge is 0.126 e. The van der Waals surface area contributed by atoms with Crippen LogP contribution < -0.4 is 10.6 Å². The predicted octanol–water partition coefficient (Wildman–Crippen LogP) is 4.83. The molecule has 0 radical (unpaired) electrons. The van der Waals surface area contributed by atoms with Crippen molar-refractivity contribution in [3.05, 3.63) is 35.5 Å². The van der Waals surface area contributed by atoms with Crippen LogP contribution in [0, 0.1) is 22.7 Å². The molecule has 4 heterocycles. The Bertz CT molecular complexity index is 1090. The van der Waals surface area contributed by atoms with Gasteiger partial charge in [-0.2, -0.15) is 5.26 Å². The summed E-state index contributed by atoms with van der Waals surface area (Å²) in [6.07, 6.45) is 7.87. The van der Waals surface area contributed by atoms with Gasteiger partial charge in [-0.15, -0.1) is 0 Å². The van der Waals surface area contributed by atoms with Crippen molar-refractivity contribution < 1.29 is 9.47 Å². The number of ether oxygens (including phenoxy) is 2. The molecule has 2 aromatic rings. The monoisotopic (exact) mass is 524 g/mol. The molecule has 2 aliphatic heterocycles. The lowest BCUT2D eigenvalue weighted by Gasteiger charge is -2.46. The Labute approximate surface area is 224 Å². The lowest BCUT2D eigenvalue weighted by molar-refractivity contribution is -0.00509. The van der Waals surface area contributed by atoms with E-state index in [4.69, 9.17) is 26.1 Å². The fraction of sp³-hybridized carbons (Fsp3) is 0.607. The molecule has 8 nitrogen and oxygen atoms in total. The Morgan fingerprint density at radius 3 is 2.70 bits per heavy atom. The summed E-state index contributed by atoms with van der Waals surface area (Å²) in [5.74, 6) is 2.27. The Morgan fingerprint density at radius 2 is 1.97 bits per heavy atom. The standard InChI is InChI=1S/C28H37ClN6O2/c1-36-17-20-15-35(16-20)22-7-5-21(6-8-22)33-27-13-23(24(29)14-31-27)25-3-2-4-26(34-25)32-19-28(18-30)9-11-37-12-10-28/h2-4,13-14,20-22H,5-12,15-17,19H2,1H3,(H,31,33)(H,32,34). The lowest BCUT2D eigenvalue weighted by atomic mass is 9.82. The summed E-state index contributed by atoms with van der Waals surface area (Å²) in [7, 11) is 1.79. The van der Waals surface area contributed by atoms with Gasteiger partial charge < -0.3 is 20.1 Å². The highest BCUT2D eigenvalue weighted by atomic mass is 35.5. The van der Waals surface area contributed by atoms with Gasteiger partial charge in [-0.25, -0.2) is 9.97 Å². The molecule has 2 saturated heterocycles. The summed E-state index contributed by atoms with van der Waals surface area (Å²) < 4.78 is 10.7. The maximum atomic E-state index is 9.74. The average molecular weight is 525 g/mol. The van der Waals surface area contributed by atoms with Crippen molar-refractivity contribution in [1.82, 2.24) is 14.9 Å². The van der Waals surface area contributed by atoms with E-state index in [2.05, 4.69) is 26.6 Å². The molecule has 0 aromatic carbocycles. The van der Waals surface area contributed by atoms with Gasteiger partial charge in [0.05, 0.1) is 28.8 Å². The molecule has 2 aromatic heterocycles. The van der Waals surface area contributed by atoms with Gasteiger partial charge in [0.15, 0.2) is 0 Å². The molecule has 0 spiro atoms. The number of hydrogen-bond acceptors (Lipinski definition) is 8. The van der Waals surface area contributed by atoms with Crippen LogP contribution >= 0.6 is 11.6 Å². The molecular weight excluding hydrogens is 488 g/mol. The van der Waals surface area contributed by atoms with Crippen molar-refractivity contribution in [2.45, 2.75) is 50.6 Å². The van der Waals surface area contributed by atoms with Crippen LogP contribution in [0.3, 0.4) is 0 Å². The van der Waals surface area contributed by atoms with Crippen molar-refractivity contribution in [1.29, 1.82) is 5.26 Å². The molecule has 9 heteroatoms. The van der Waals surface area contributed by atoms with E-state index in [-0.39, 0.29) is 0 Å². The van der Waals surface area contributed by atoms with Crippen molar-refractivity contribution in [3.8, 4) is 17.3 Å². The molecule has 5 rings (SSSR count). The maximum Gasteiger partial charge on any atom is 0.126 e. The number of pyridine rings is 2. The Hall–Kier alpha value is -2.44. The summed E-state index contributed by atoms with van der Waals surface area (Å²) in [5.41, 5.74) is 1.22. The number of anilines is 2. The first-order valence-electron chi connectivity index (χ1n) is 13.4. The van der Waals surface area contributed by atoms with Gasteiger partial charge >= 0.3 is 0 Å². The van der Waals surface area contributed by atoms with Gasteiger partial charge in [0, 0.05) is 69.7 Å². The van der Waals surface area contributed by atoms with Crippen LogP contribution in [0.1, 0.15) is 38.5 Å². The molecule has 3 fully saturated rings. The van der Waals surface area contributed by atoms with E-state index in [9.17, 15) is 5.26 Å². The number of methoxy groups -OCH3 is 1. The van der Waals surface area contributed by atoms with E-state index in [1.165, 1.54) is 25.9 Å². The lowest BCUT2D eigenvalue weighted by Crippen LogP contribution is -2.54. The van der Waals surface area contributed by atoms with Gasteiger partial charge in [-0.3, -0.25) is 4.90 Å². The second-order valence-electron chi connectivity index (χ2n) is 10.7. The molecule has 1 aliphatic carbocycles. The van der Waals surface area contributed by atoms with E-state index in [0.717, 1.165) is 55.2 Å². The summed E-state index contributed by atoms with van der Waals surface area (Å²) in [4.78, 5) is 12.0. The second-order valence-corrected chi connectivity index (χ2v) is 11.1. The van der Waals surface area contributed by atoms with Crippen LogP contribution in [0.5, 0.6) is 0 Å². The second kappa shape index (κ2) is 12.0. The van der Waals surface area contributed by atoms with Crippen LogP contribution in [-0.2, 0) is 9.47 Å². The molecule has 0 amide bonds. The summed E-state index contributed by atoms with van der Waals surface area (Å²) >= 11 is 6.56. The van der Waals surface area contributed by atoms with E-state index < -0.39 is 5.41 Å². The molecule has 0 atom stereocenters. The highest BCUT2D eigenvalue weighted by Gasteiger charge is 2.35. The SMILES string of the molecule is COCC1CN(C2CCC(Nc3cc(-c4cccc(NCC5(C#N)CCOCC5)n4)c(Cl)cn3)CC2)C1. The number of nitrogens with one attached hydrogen (secondary N) is 2. The quantitative estimate of drug-likeness (QED) is 0.481. The number of likely N-dealkylation sites (tertiary alicyclic amines) is 1. The van der Waals surface area contributed by atoms with Gasteiger partial charge in [0.25, 0.3) is 0 Å². The Balaban J connectivity index is 1.18. The van der Waals surface area contributed by atoms with E-state index >= 15 is 0 Å². The minimum Gasteiger partial charge on any atom is -0.384 e. The molecule has 3 aliphatic rings. The third-order valence-corrected chi connectivity index (χ3v) is 8.43. The third-order valence-electron chi connectivity index (χ3n) is 8.13. The first-order valence-corrected chi connectivity index (χ1v) is 13.8. The zero-order chi connectivity index (χ0) is 25.7. The molecule has 0 unspecified atom stereocenters. The molecule has 0 bridgehead atoms. The number of aromatic nitrogens is 2. The average Bonchev–Trinajstić information content (AvgIpc) is 2.92. The largest absolute Gasteiger partial charge is 0.384 e. The fourth-order valence-corrected chi connectivity index (χ4v) is 5.99. The van der Waals surface area contributed by atoms with Crippen LogP contribution in [0.2, 0.25) is 5.02 Å². The number of rotatable bonds is 9. The summed E-state index contributed by atoms with van der Waals surface area (Å²) in [6, 6.07) is 11.5. The maximum absolute atomic E-state index is 9.74. The fourth-order valence-electron chi connectivity index (χ4n) is 5.79. The summed E-state index contributed by atoms with van der Waals surface area (Å²) in [5, 5.41) is 17.3. The van der Waals surface area contributed by atoms with Gasteiger partial charge in [-0.05, 0) is 56.7 Å². The normalized spacial score (nSPS) is 24.1. The van der Waals surface area contributed by atoms with Gasteiger partial charge in [0.2, 0.25) is 0 Å².